The molecule has 0 saturated carbocycles. The van der Waals surface area contributed by atoms with Crippen LogP contribution in [0.4, 0.5) is 5.13 Å². The molecule has 2 aromatic heterocycles. The van der Waals surface area contributed by atoms with E-state index in [0.29, 0.717) is 16.4 Å². The van der Waals surface area contributed by atoms with Gasteiger partial charge in [-0.05, 0) is 0 Å². The third-order valence-corrected chi connectivity index (χ3v) is 2.95. The predicted octanol–water partition coefficient (Wildman–Crippen LogP) is 0.178. The smallest absolute Gasteiger partial charge is 0.269 e. The number of aromatic nitrogens is 3. The first-order valence-corrected chi connectivity index (χ1v) is 5.26. The van der Waals surface area contributed by atoms with E-state index in [1.807, 2.05) is 0 Å². The molecule has 8 heteroatoms. The number of thiazole rings is 1. The lowest BCUT2D eigenvalue weighted by Crippen LogP contribution is -2.18. The van der Waals surface area contributed by atoms with Gasteiger partial charge in [0.2, 0.25) is 0 Å². The largest absolute Gasteiger partial charge is 0.354 e. The number of aromatic amines is 1. The van der Waals surface area contributed by atoms with Crippen LogP contribution in [-0.2, 0) is 0 Å². The Bertz CT molecular complexity index is 504. The van der Waals surface area contributed by atoms with Crippen molar-refractivity contribution >= 4 is 22.4 Å². The molecule has 0 aliphatic rings. The molecule has 5 N–H and O–H groups in total. The van der Waals surface area contributed by atoms with Crippen LogP contribution in [0.5, 0.6) is 0 Å². The highest BCUT2D eigenvalue weighted by Gasteiger charge is 2.15. The zero-order valence-electron chi connectivity index (χ0n) is 8.44. The van der Waals surface area contributed by atoms with Crippen LogP contribution in [-0.4, -0.2) is 28.1 Å². The van der Waals surface area contributed by atoms with Crippen LogP contribution in [0.1, 0.15) is 10.5 Å². The Balaban J connectivity index is 2.40. The molecule has 1 amide bonds. The van der Waals surface area contributed by atoms with Gasteiger partial charge >= 0.3 is 0 Å². The first kappa shape index (κ1) is 10.6. The third kappa shape index (κ3) is 1.75. The summed E-state index contributed by atoms with van der Waals surface area (Å²) in [5, 5.41) is 9.61. The van der Waals surface area contributed by atoms with Crippen LogP contribution in [0, 0.1) is 0 Å². The average molecular weight is 238 g/mol. The lowest BCUT2D eigenvalue weighted by Gasteiger charge is -1.98. The fraction of sp³-hybridized carbons (Fsp3) is 0.125. The van der Waals surface area contributed by atoms with E-state index in [0.717, 1.165) is 4.88 Å². The summed E-state index contributed by atoms with van der Waals surface area (Å²) >= 11 is 1.35. The summed E-state index contributed by atoms with van der Waals surface area (Å²) in [6, 6.07) is 0. The number of H-pyrrole nitrogens is 1. The van der Waals surface area contributed by atoms with Crippen LogP contribution in [0.25, 0.3) is 10.4 Å². The second-order valence-corrected chi connectivity index (χ2v) is 3.94. The van der Waals surface area contributed by atoms with Crippen molar-refractivity contribution < 1.29 is 4.79 Å². The van der Waals surface area contributed by atoms with Crippen molar-refractivity contribution in [2.45, 2.75) is 0 Å². The van der Waals surface area contributed by atoms with Gasteiger partial charge in [0, 0.05) is 18.8 Å². The molecule has 16 heavy (non-hydrogen) atoms. The fourth-order valence-corrected chi connectivity index (χ4v) is 1.98. The molecule has 2 rings (SSSR count). The standard InChI is InChI=1S/C8H10N6OS/c1-10-7(15)6-4(2-12-14-6)5-3-11-8(13-9)16-5/h2-3H,9H2,1H3,(H,10,15)(H,11,13)(H,12,14). The highest BCUT2D eigenvalue weighted by Crippen LogP contribution is 2.29. The Labute approximate surface area is 95.0 Å². The molecule has 0 saturated heterocycles. The van der Waals surface area contributed by atoms with Crippen molar-refractivity contribution in [2.24, 2.45) is 5.84 Å². The number of nitrogens with zero attached hydrogens (tertiary/aromatic N) is 2. The van der Waals surface area contributed by atoms with Gasteiger partial charge in [0.05, 0.1) is 11.1 Å². The quantitative estimate of drug-likeness (QED) is 0.450. The Kier molecular flexibility index (Phi) is 2.84. The zero-order valence-corrected chi connectivity index (χ0v) is 9.26. The molecule has 0 aromatic carbocycles. The van der Waals surface area contributed by atoms with Crippen molar-refractivity contribution in [1.82, 2.24) is 20.5 Å². The van der Waals surface area contributed by atoms with Crippen molar-refractivity contribution in [3.8, 4) is 10.4 Å². The predicted molar refractivity (Wildman–Crippen MR) is 60.9 cm³/mol. The summed E-state index contributed by atoms with van der Waals surface area (Å²) < 4.78 is 0. The molecule has 0 spiro atoms. The molecule has 0 aliphatic carbocycles. The van der Waals surface area contributed by atoms with Crippen molar-refractivity contribution in [3.05, 3.63) is 18.1 Å². The van der Waals surface area contributed by atoms with E-state index < -0.39 is 0 Å². The van der Waals surface area contributed by atoms with Gasteiger partial charge in [-0.2, -0.15) is 5.10 Å². The van der Waals surface area contributed by atoms with Gasteiger partial charge in [0.1, 0.15) is 5.69 Å². The van der Waals surface area contributed by atoms with E-state index >= 15 is 0 Å². The summed E-state index contributed by atoms with van der Waals surface area (Å²) in [6.07, 6.45) is 3.22. The molecule has 84 valence electrons. The molecule has 0 unspecified atom stereocenters. The Morgan fingerprint density at radius 1 is 1.56 bits per heavy atom. The number of hydrogen-bond acceptors (Lipinski definition) is 6. The van der Waals surface area contributed by atoms with Gasteiger partial charge < -0.3 is 5.32 Å². The van der Waals surface area contributed by atoms with Gasteiger partial charge in [0.15, 0.2) is 5.13 Å². The van der Waals surface area contributed by atoms with Crippen LogP contribution in [0.3, 0.4) is 0 Å². The van der Waals surface area contributed by atoms with Crippen LogP contribution < -0.4 is 16.6 Å². The van der Waals surface area contributed by atoms with Gasteiger partial charge in [0.25, 0.3) is 5.91 Å². The maximum Gasteiger partial charge on any atom is 0.269 e. The normalized spacial score (nSPS) is 10.1. The second-order valence-electron chi connectivity index (χ2n) is 2.91. The maximum absolute atomic E-state index is 11.5. The molecule has 7 nitrogen and oxygen atoms in total. The van der Waals surface area contributed by atoms with E-state index in [1.165, 1.54) is 11.3 Å². The molecule has 0 fully saturated rings. The molecule has 2 heterocycles. The van der Waals surface area contributed by atoms with E-state index in [2.05, 4.69) is 25.9 Å². The second kappa shape index (κ2) is 4.29. The van der Waals surface area contributed by atoms with Gasteiger partial charge in [-0.3, -0.25) is 15.3 Å². The molecular formula is C8H10N6OS. The lowest BCUT2D eigenvalue weighted by atomic mass is 10.2. The number of carbonyl (C=O) groups excluding carboxylic acids is 1. The average Bonchev–Trinajstić information content (AvgIpc) is 2.95. The Hall–Kier alpha value is -1.93. The van der Waals surface area contributed by atoms with E-state index in [1.54, 1.807) is 19.4 Å². The number of hydrogen-bond donors (Lipinski definition) is 4. The minimum absolute atomic E-state index is 0.219. The fourth-order valence-electron chi connectivity index (χ4n) is 1.24. The number of anilines is 1. The number of carbonyl (C=O) groups is 1. The molecular weight excluding hydrogens is 228 g/mol. The molecule has 0 aliphatic heterocycles. The SMILES string of the molecule is CNC(=O)c1[nH]ncc1-c1cnc(NN)s1. The van der Waals surface area contributed by atoms with Crippen molar-refractivity contribution in [3.63, 3.8) is 0 Å². The summed E-state index contributed by atoms with van der Waals surface area (Å²) in [5.74, 6) is 5.02. The highest BCUT2D eigenvalue weighted by molar-refractivity contribution is 7.18. The summed E-state index contributed by atoms with van der Waals surface area (Å²) in [6.45, 7) is 0. The first-order chi connectivity index (χ1) is 7.76. The molecule has 2 aromatic rings. The van der Waals surface area contributed by atoms with Gasteiger partial charge in [-0.15, -0.1) is 0 Å². The van der Waals surface area contributed by atoms with Gasteiger partial charge in [-0.25, -0.2) is 10.8 Å². The minimum atomic E-state index is -0.219. The van der Waals surface area contributed by atoms with E-state index in [9.17, 15) is 4.79 Å². The van der Waals surface area contributed by atoms with Crippen LogP contribution in [0.2, 0.25) is 0 Å². The minimum Gasteiger partial charge on any atom is -0.354 e. The summed E-state index contributed by atoms with van der Waals surface area (Å²) in [4.78, 5) is 16.4. The van der Waals surface area contributed by atoms with Gasteiger partial charge in [-0.1, -0.05) is 11.3 Å². The summed E-state index contributed by atoms with van der Waals surface area (Å²) in [5.41, 5.74) is 3.57. The van der Waals surface area contributed by atoms with Crippen molar-refractivity contribution in [1.29, 1.82) is 0 Å². The molecule has 0 bridgehead atoms. The topological polar surface area (TPSA) is 109 Å². The number of nitrogen functional groups attached to an aromatic ring is 1. The monoisotopic (exact) mass is 238 g/mol. The van der Waals surface area contributed by atoms with Crippen LogP contribution in [0.15, 0.2) is 12.4 Å². The number of amides is 1. The lowest BCUT2D eigenvalue weighted by molar-refractivity contribution is 0.0959. The van der Waals surface area contributed by atoms with E-state index in [-0.39, 0.29) is 5.91 Å². The number of nitrogens with one attached hydrogen (secondary N) is 3. The Morgan fingerprint density at radius 2 is 2.38 bits per heavy atom. The first-order valence-electron chi connectivity index (χ1n) is 4.44. The number of hydrazine groups is 1. The number of rotatable bonds is 3. The van der Waals surface area contributed by atoms with Crippen LogP contribution >= 0.6 is 11.3 Å². The highest BCUT2D eigenvalue weighted by atomic mass is 32.1. The van der Waals surface area contributed by atoms with Crippen molar-refractivity contribution in [2.75, 3.05) is 12.5 Å². The maximum atomic E-state index is 11.5. The molecule has 0 atom stereocenters. The Morgan fingerprint density at radius 3 is 3.00 bits per heavy atom. The third-order valence-electron chi connectivity index (χ3n) is 1.99. The molecule has 0 radical (unpaired) electrons. The number of nitrogens with two attached hydrogens (primary N) is 1. The zero-order chi connectivity index (χ0) is 11.5. The van der Waals surface area contributed by atoms with E-state index in [4.69, 9.17) is 5.84 Å². The summed E-state index contributed by atoms with van der Waals surface area (Å²) in [7, 11) is 1.56.